The zero-order chi connectivity index (χ0) is 26.7. The third-order valence-corrected chi connectivity index (χ3v) is 7.03. The number of ether oxygens (including phenoxy) is 1. The second-order valence-corrected chi connectivity index (χ2v) is 9.80. The summed E-state index contributed by atoms with van der Waals surface area (Å²) in [6.07, 6.45) is 4.26. The predicted molar refractivity (Wildman–Crippen MR) is 148 cm³/mol. The molecule has 1 aromatic heterocycles. The summed E-state index contributed by atoms with van der Waals surface area (Å²) in [5.74, 6) is -0.617. The molecule has 38 heavy (non-hydrogen) atoms. The summed E-state index contributed by atoms with van der Waals surface area (Å²) in [6, 6.07) is 15.7. The summed E-state index contributed by atoms with van der Waals surface area (Å²) in [5, 5.41) is 4.95. The normalized spacial score (nSPS) is 14.1. The highest BCUT2D eigenvalue weighted by Gasteiger charge is 2.24. The van der Waals surface area contributed by atoms with E-state index >= 15 is 0 Å². The lowest BCUT2D eigenvalue weighted by atomic mass is 10.2. The molecule has 8 nitrogen and oxygen atoms in total. The number of aromatic nitrogens is 1. The highest BCUT2D eigenvalue weighted by molar-refractivity contribution is 7.09. The van der Waals surface area contributed by atoms with Crippen LogP contribution in [0.4, 0.5) is 14.9 Å². The van der Waals surface area contributed by atoms with Gasteiger partial charge in [0.05, 0.1) is 18.8 Å². The molecule has 3 amide bonds. The number of hydrogen-bond donors (Lipinski definition) is 1. The Kier molecular flexibility index (Phi) is 9.97. The molecule has 1 saturated heterocycles. The third kappa shape index (κ3) is 7.70. The Hall–Kier alpha value is -3.60. The van der Waals surface area contributed by atoms with E-state index in [0.29, 0.717) is 36.9 Å². The maximum Gasteiger partial charge on any atom is 0.322 e. The van der Waals surface area contributed by atoms with Crippen LogP contribution in [0.15, 0.2) is 66.1 Å². The van der Waals surface area contributed by atoms with E-state index in [1.807, 2.05) is 23.1 Å². The second kappa shape index (κ2) is 13.8. The zero-order valence-corrected chi connectivity index (χ0v) is 22.2. The van der Waals surface area contributed by atoms with Gasteiger partial charge in [-0.05, 0) is 17.7 Å². The van der Waals surface area contributed by atoms with Crippen molar-refractivity contribution in [2.45, 2.75) is 6.54 Å². The van der Waals surface area contributed by atoms with E-state index < -0.39 is 11.8 Å². The van der Waals surface area contributed by atoms with Crippen LogP contribution in [0.1, 0.15) is 21.1 Å². The van der Waals surface area contributed by atoms with Crippen LogP contribution < -0.4 is 5.32 Å². The van der Waals surface area contributed by atoms with E-state index in [-0.39, 0.29) is 18.1 Å². The average molecular weight is 538 g/mol. The van der Waals surface area contributed by atoms with E-state index in [0.717, 1.165) is 19.6 Å². The molecule has 1 aliphatic heterocycles. The Morgan fingerprint density at radius 2 is 1.84 bits per heavy atom. The molecule has 1 fully saturated rings. The number of para-hydroxylation sites is 1. The van der Waals surface area contributed by atoms with E-state index in [4.69, 9.17) is 4.74 Å². The first kappa shape index (κ1) is 27.4. The van der Waals surface area contributed by atoms with Crippen molar-refractivity contribution in [3.63, 3.8) is 0 Å². The summed E-state index contributed by atoms with van der Waals surface area (Å²) in [4.78, 5) is 36.0. The first-order chi connectivity index (χ1) is 18.5. The summed E-state index contributed by atoms with van der Waals surface area (Å²) in [5.41, 5.74) is 1.65. The fourth-order valence-corrected chi connectivity index (χ4v) is 4.84. The minimum Gasteiger partial charge on any atom is -0.383 e. The van der Waals surface area contributed by atoms with Gasteiger partial charge < -0.3 is 19.9 Å². The molecular weight excluding hydrogens is 505 g/mol. The number of halogens is 1. The smallest absolute Gasteiger partial charge is 0.322 e. The molecule has 10 heteroatoms. The number of carbonyl (C=O) groups is 2. The Bertz CT molecular complexity index is 1230. The van der Waals surface area contributed by atoms with Crippen molar-refractivity contribution in [3.05, 3.63) is 88.1 Å². The minimum absolute atomic E-state index is 0.102. The van der Waals surface area contributed by atoms with E-state index in [1.54, 1.807) is 24.6 Å². The van der Waals surface area contributed by atoms with Gasteiger partial charge in [0, 0.05) is 51.8 Å². The Morgan fingerprint density at radius 1 is 1.11 bits per heavy atom. The Morgan fingerprint density at radius 3 is 2.58 bits per heavy atom. The number of piperazine rings is 1. The van der Waals surface area contributed by atoms with Gasteiger partial charge in [0.15, 0.2) is 0 Å². The summed E-state index contributed by atoms with van der Waals surface area (Å²) >= 11 is 1.33. The van der Waals surface area contributed by atoms with Gasteiger partial charge in [0.2, 0.25) is 0 Å². The van der Waals surface area contributed by atoms with Gasteiger partial charge in [-0.3, -0.25) is 9.69 Å². The number of hydrogen-bond acceptors (Lipinski definition) is 6. The van der Waals surface area contributed by atoms with Crippen molar-refractivity contribution in [3.8, 4) is 0 Å². The van der Waals surface area contributed by atoms with Gasteiger partial charge in [0.25, 0.3) is 5.91 Å². The van der Waals surface area contributed by atoms with Gasteiger partial charge in [-0.2, -0.15) is 0 Å². The lowest BCUT2D eigenvalue weighted by Crippen LogP contribution is -2.48. The molecule has 0 bridgehead atoms. The zero-order valence-electron chi connectivity index (χ0n) is 21.4. The second-order valence-electron chi connectivity index (χ2n) is 8.86. The highest BCUT2D eigenvalue weighted by Crippen LogP contribution is 2.18. The van der Waals surface area contributed by atoms with Gasteiger partial charge in [0.1, 0.15) is 16.5 Å². The third-order valence-electron chi connectivity index (χ3n) is 6.20. The van der Waals surface area contributed by atoms with Crippen LogP contribution in [0.5, 0.6) is 0 Å². The van der Waals surface area contributed by atoms with Crippen LogP contribution in [0.25, 0.3) is 6.08 Å². The quantitative estimate of drug-likeness (QED) is 0.414. The molecule has 4 rings (SSSR count). The average Bonchev–Trinajstić information content (AvgIpc) is 3.41. The van der Waals surface area contributed by atoms with Crippen molar-refractivity contribution >= 4 is 35.0 Å². The van der Waals surface area contributed by atoms with Crippen LogP contribution in [0, 0.1) is 5.82 Å². The van der Waals surface area contributed by atoms with E-state index in [1.165, 1.54) is 33.9 Å². The molecule has 1 N–H and O–H groups in total. The first-order valence-electron chi connectivity index (χ1n) is 12.5. The molecule has 0 aliphatic carbocycles. The largest absolute Gasteiger partial charge is 0.383 e. The van der Waals surface area contributed by atoms with Crippen LogP contribution in [-0.4, -0.2) is 84.6 Å². The maximum absolute atomic E-state index is 14.0. The summed E-state index contributed by atoms with van der Waals surface area (Å²) < 4.78 is 19.1. The van der Waals surface area contributed by atoms with Crippen LogP contribution in [0.3, 0.4) is 0 Å². The van der Waals surface area contributed by atoms with Crippen LogP contribution >= 0.6 is 11.3 Å². The number of urea groups is 1. The van der Waals surface area contributed by atoms with Gasteiger partial charge in [-0.15, -0.1) is 11.3 Å². The standard InChI is InChI=1S/C28H32FN5O3S/c1-37-19-18-34(28(36)31-24-12-6-5-11-23(24)29)20-26-30-25(21-38-26)27(35)33-16-14-32(15-17-33)13-7-10-22-8-3-2-4-9-22/h2-12,21H,13-20H2,1H3,(H,31,36). The van der Waals surface area contributed by atoms with Crippen molar-refractivity contribution < 1.29 is 18.7 Å². The Balaban J connectivity index is 1.29. The van der Waals surface area contributed by atoms with Crippen molar-refractivity contribution in [1.82, 2.24) is 19.7 Å². The van der Waals surface area contributed by atoms with Crippen molar-refractivity contribution in [2.75, 3.05) is 58.3 Å². The molecule has 0 radical (unpaired) electrons. The number of amides is 3. The minimum atomic E-state index is -0.512. The van der Waals surface area contributed by atoms with Crippen molar-refractivity contribution in [1.29, 1.82) is 0 Å². The molecule has 2 aromatic carbocycles. The highest BCUT2D eigenvalue weighted by atomic mass is 32.1. The molecule has 200 valence electrons. The molecule has 3 aromatic rings. The fourth-order valence-electron chi connectivity index (χ4n) is 4.05. The molecule has 2 heterocycles. The molecule has 1 aliphatic rings. The number of anilines is 1. The van der Waals surface area contributed by atoms with E-state index in [9.17, 15) is 14.0 Å². The Labute approximate surface area is 226 Å². The topological polar surface area (TPSA) is 78.0 Å². The van der Waals surface area contributed by atoms with Crippen LogP contribution in [-0.2, 0) is 11.3 Å². The van der Waals surface area contributed by atoms with E-state index in [2.05, 4.69) is 39.5 Å². The monoisotopic (exact) mass is 537 g/mol. The fraction of sp³-hybridized carbons (Fsp3) is 0.321. The number of thiazole rings is 1. The number of nitrogens with zero attached hydrogens (tertiary/aromatic N) is 4. The lowest BCUT2D eigenvalue weighted by molar-refractivity contribution is 0.0645. The first-order valence-corrected chi connectivity index (χ1v) is 13.4. The SMILES string of the molecule is COCCN(Cc1nc(C(=O)N2CCN(CC=Cc3ccccc3)CC2)cs1)C(=O)Nc1ccccc1F. The molecule has 0 unspecified atom stereocenters. The molecule has 0 atom stereocenters. The number of carbonyl (C=O) groups excluding carboxylic acids is 2. The number of benzene rings is 2. The lowest BCUT2D eigenvalue weighted by Gasteiger charge is -2.33. The number of methoxy groups -OCH3 is 1. The van der Waals surface area contributed by atoms with Gasteiger partial charge in [-0.25, -0.2) is 14.2 Å². The predicted octanol–water partition coefficient (Wildman–Crippen LogP) is 4.43. The summed E-state index contributed by atoms with van der Waals surface area (Å²) in [6.45, 7) is 4.48. The van der Waals surface area contributed by atoms with Gasteiger partial charge >= 0.3 is 6.03 Å². The molecule has 0 spiro atoms. The summed E-state index contributed by atoms with van der Waals surface area (Å²) in [7, 11) is 1.55. The molecule has 0 saturated carbocycles. The van der Waals surface area contributed by atoms with Crippen LogP contribution in [0.2, 0.25) is 0 Å². The maximum atomic E-state index is 14.0. The molecular formula is C28H32FN5O3S. The number of nitrogens with one attached hydrogen (secondary N) is 1. The van der Waals surface area contributed by atoms with Crippen molar-refractivity contribution in [2.24, 2.45) is 0 Å². The van der Waals surface area contributed by atoms with Gasteiger partial charge in [-0.1, -0.05) is 54.6 Å². The number of rotatable bonds is 10.